The molecule has 6 heteroatoms. The molecule has 1 aromatic heterocycles. The van der Waals surface area contributed by atoms with Crippen molar-refractivity contribution in [3.05, 3.63) is 45.9 Å². The number of aryl methyl sites for hydroxylation is 1. The third kappa shape index (κ3) is 4.55. The Balaban J connectivity index is 1.51. The van der Waals surface area contributed by atoms with Crippen molar-refractivity contribution in [3.8, 4) is 5.75 Å². The number of hydrogen-bond donors (Lipinski definition) is 2. The van der Waals surface area contributed by atoms with Gasteiger partial charge in [0, 0.05) is 17.0 Å². The molecule has 128 valence electrons. The van der Waals surface area contributed by atoms with Gasteiger partial charge in [-0.2, -0.15) is 0 Å². The number of thiazole rings is 1. The van der Waals surface area contributed by atoms with Gasteiger partial charge in [0.1, 0.15) is 12.4 Å². The van der Waals surface area contributed by atoms with E-state index < -0.39 is 0 Å². The van der Waals surface area contributed by atoms with Gasteiger partial charge in [-0.05, 0) is 56.9 Å². The van der Waals surface area contributed by atoms with Crippen LogP contribution >= 0.6 is 11.3 Å². The highest BCUT2D eigenvalue weighted by atomic mass is 32.1. The van der Waals surface area contributed by atoms with Crippen LogP contribution in [0.15, 0.2) is 29.6 Å². The van der Waals surface area contributed by atoms with Crippen LogP contribution in [0.3, 0.4) is 0 Å². The third-order valence-corrected chi connectivity index (χ3v) is 5.02. The van der Waals surface area contributed by atoms with Gasteiger partial charge >= 0.3 is 0 Å². The lowest BCUT2D eigenvalue weighted by molar-refractivity contribution is 0.0867. The summed E-state index contributed by atoms with van der Waals surface area (Å²) < 4.78 is 5.69. The number of amides is 1. The average Bonchev–Trinajstić information content (AvgIpc) is 3.01. The number of rotatable bonds is 5. The summed E-state index contributed by atoms with van der Waals surface area (Å²) in [6.45, 7) is 2.40. The number of ether oxygens (including phenoxy) is 1. The van der Waals surface area contributed by atoms with Gasteiger partial charge in [-0.15, -0.1) is 11.3 Å². The molecular formula is C18H22N2O3S. The number of carbonyl (C=O) groups is 1. The Bertz CT molecular complexity index is 676. The lowest BCUT2D eigenvalue weighted by atomic mass is 9.93. The van der Waals surface area contributed by atoms with Crippen LogP contribution in [-0.4, -0.2) is 28.1 Å². The highest BCUT2D eigenvalue weighted by Gasteiger charge is 2.21. The highest BCUT2D eigenvalue weighted by Crippen LogP contribution is 2.19. The lowest BCUT2D eigenvalue weighted by Gasteiger charge is -2.26. The van der Waals surface area contributed by atoms with E-state index in [0.29, 0.717) is 12.2 Å². The van der Waals surface area contributed by atoms with Crippen LogP contribution in [0.4, 0.5) is 0 Å². The molecule has 0 saturated heterocycles. The lowest BCUT2D eigenvalue weighted by Crippen LogP contribution is -2.38. The van der Waals surface area contributed by atoms with Crippen LogP contribution in [0.2, 0.25) is 0 Å². The van der Waals surface area contributed by atoms with Crippen molar-refractivity contribution < 1.29 is 14.6 Å². The molecule has 1 heterocycles. The largest absolute Gasteiger partial charge is 0.487 e. The predicted molar refractivity (Wildman–Crippen MR) is 93.4 cm³/mol. The Hall–Kier alpha value is -1.92. The van der Waals surface area contributed by atoms with Crippen molar-refractivity contribution in [3.63, 3.8) is 0 Å². The van der Waals surface area contributed by atoms with Gasteiger partial charge in [-0.3, -0.25) is 4.79 Å². The van der Waals surface area contributed by atoms with Crippen molar-refractivity contribution in [2.45, 2.75) is 51.4 Å². The third-order valence-electron chi connectivity index (χ3n) is 4.20. The Morgan fingerprint density at radius 2 is 2.00 bits per heavy atom. The quantitative estimate of drug-likeness (QED) is 0.873. The summed E-state index contributed by atoms with van der Waals surface area (Å²) in [4.78, 5) is 16.6. The molecule has 5 nitrogen and oxygen atoms in total. The molecule has 2 aromatic rings. The van der Waals surface area contributed by atoms with Crippen molar-refractivity contribution in [1.29, 1.82) is 0 Å². The van der Waals surface area contributed by atoms with E-state index in [9.17, 15) is 9.90 Å². The van der Waals surface area contributed by atoms with Crippen LogP contribution in [0.1, 0.15) is 46.7 Å². The summed E-state index contributed by atoms with van der Waals surface area (Å²) in [5.41, 5.74) is 1.54. The zero-order chi connectivity index (χ0) is 16.9. The maximum absolute atomic E-state index is 12.3. The number of benzene rings is 1. The van der Waals surface area contributed by atoms with Gasteiger partial charge in [0.15, 0.2) is 0 Å². The molecule has 0 atom stereocenters. The zero-order valence-corrected chi connectivity index (χ0v) is 14.5. The van der Waals surface area contributed by atoms with E-state index in [-0.39, 0.29) is 18.1 Å². The molecule has 3 rings (SSSR count). The predicted octanol–water partition coefficient (Wildman–Crippen LogP) is 3.06. The molecule has 2 N–H and O–H groups in total. The Morgan fingerprint density at radius 1 is 1.29 bits per heavy atom. The molecule has 0 unspecified atom stereocenters. The fraction of sp³-hybridized carbons (Fsp3) is 0.444. The van der Waals surface area contributed by atoms with Crippen molar-refractivity contribution in [2.24, 2.45) is 0 Å². The first-order valence-corrected chi connectivity index (χ1v) is 9.11. The second-order valence-electron chi connectivity index (χ2n) is 6.15. The SMILES string of the molecule is Cc1nc(COc2ccc(C(=O)NC3CCC(O)CC3)cc2)cs1. The number of hydrogen-bond acceptors (Lipinski definition) is 5. The van der Waals surface area contributed by atoms with E-state index >= 15 is 0 Å². The second kappa shape index (κ2) is 7.77. The zero-order valence-electron chi connectivity index (χ0n) is 13.7. The van der Waals surface area contributed by atoms with Crippen LogP contribution in [0.5, 0.6) is 5.75 Å². The maximum atomic E-state index is 12.3. The standard InChI is InChI=1S/C18H22N2O3S/c1-12-19-15(11-24-12)10-23-17-8-2-13(3-9-17)18(22)20-14-4-6-16(21)7-5-14/h2-3,8-9,11,14,16,21H,4-7,10H2,1H3,(H,20,22). The summed E-state index contributed by atoms with van der Waals surface area (Å²) in [5, 5.41) is 15.6. The summed E-state index contributed by atoms with van der Waals surface area (Å²) in [6.07, 6.45) is 2.97. The Morgan fingerprint density at radius 3 is 2.62 bits per heavy atom. The first kappa shape index (κ1) is 16.9. The molecule has 1 amide bonds. The molecule has 1 aliphatic carbocycles. The minimum atomic E-state index is -0.212. The van der Waals surface area contributed by atoms with Crippen molar-refractivity contribution in [2.75, 3.05) is 0 Å². The van der Waals surface area contributed by atoms with Crippen LogP contribution in [0.25, 0.3) is 0 Å². The smallest absolute Gasteiger partial charge is 0.251 e. The molecule has 1 aliphatic rings. The molecule has 24 heavy (non-hydrogen) atoms. The van der Waals surface area contributed by atoms with Gasteiger partial charge in [0.05, 0.1) is 16.8 Å². The van der Waals surface area contributed by atoms with Gasteiger partial charge in [0.25, 0.3) is 5.91 Å². The molecule has 0 bridgehead atoms. The fourth-order valence-electron chi connectivity index (χ4n) is 2.82. The minimum absolute atomic E-state index is 0.0712. The van der Waals surface area contributed by atoms with Gasteiger partial charge in [-0.1, -0.05) is 0 Å². The van der Waals surface area contributed by atoms with E-state index in [0.717, 1.165) is 42.1 Å². The van der Waals surface area contributed by atoms with Crippen LogP contribution < -0.4 is 10.1 Å². The van der Waals surface area contributed by atoms with E-state index in [1.54, 1.807) is 35.6 Å². The normalized spacial score (nSPS) is 20.6. The van der Waals surface area contributed by atoms with E-state index in [2.05, 4.69) is 10.3 Å². The van der Waals surface area contributed by atoms with Crippen LogP contribution in [0, 0.1) is 6.92 Å². The molecule has 1 aromatic carbocycles. The molecular weight excluding hydrogens is 324 g/mol. The molecule has 0 spiro atoms. The first-order valence-electron chi connectivity index (χ1n) is 8.23. The first-order chi connectivity index (χ1) is 11.6. The Labute approximate surface area is 145 Å². The van der Waals surface area contributed by atoms with Gasteiger partial charge in [0.2, 0.25) is 0 Å². The van der Waals surface area contributed by atoms with E-state index in [1.165, 1.54) is 0 Å². The minimum Gasteiger partial charge on any atom is -0.487 e. The average molecular weight is 346 g/mol. The molecule has 1 saturated carbocycles. The molecule has 0 radical (unpaired) electrons. The van der Waals surface area contributed by atoms with Gasteiger partial charge < -0.3 is 15.2 Å². The van der Waals surface area contributed by atoms with E-state index in [1.807, 2.05) is 12.3 Å². The fourth-order valence-corrected chi connectivity index (χ4v) is 3.42. The second-order valence-corrected chi connectivity index (χ2v) is 7.21. The number of aromatic nitrogens is 1. The van der Waals surface area contributed by atoms with Crippen molar-refractivity contribution in [1.82, 2.24) is 10.3 Å². The summed E-state index contributed by atoms with van der Waals surface area (Å²) in [7, 11) is 0. The highest BCUT2D eigenvalue weighted by molar-refractivity contribution is 7.09. The van der Waals surface area contributed by atoms with Gasteiger partial charge in [-0.25, -0.2) is 4.98 Å². The Kier molecular flexibility index (Phi) is 5.48. The molecule has 1 fully saturated rings. The van der Waals surface area contributed by atoms with Crippen molar-refractivity contribution >= 4 is 17.2 Å². The topological polar surface area (TPSA) is 71.5 Å². The maximum Gasteiger partial charge on any atom is 0.251 e. The van der Waals surface area contributed by atoms with Crippen LogP contribution in [-0.2, 0) is 6.61 Å². The number of nitrogens with zero attached hydrogens (tertiary/aromatic N) is 1. The number of aliphatic hydroxyl groups excluding tert-OH is 1. The molecule has 0 aliphatic heterocycles. The summed E-state index contributed by atoms with van der Waals surface area (Å²) >= 11 is 1.60. The summed E-state index contributed by atoms with van der Waals surface area (Å²) in [6, 6.07) is 7.31. The monoisotopic (exact) mass is 346 g/mol. The number of carbonyl (C=O) groups excluding carboxylic acids is 1. The number of aliphatic hydroxyl groups is 1. The van der Waals surface area contributed by atoms with E-state index in [4.69, 9.17) is 4.74 Å². The number of nitrogens with one attached hydrogen (secondary N) is 1. The summed E-state index contributed by atoms with van der Waals surface area (Å²) in [5.74, 6) is 0.649.